The third-order valence-electron chi connectivity index (χ3n) is 5.90. The minimum Gasteiger partial charge on any atom is -0.489 e. The van der Waals surface area contributed by atoms with Crippen LogP contribution in [0.3, 0.4) is 0 Å². The number of fused-ring (bicyclic) bond motifs is 1. The van der Waals surface area contributed by atoms with Crippen LogP contribution in [0.2, 0.25) is 0 Å². The highest BCUT2D eigenvalue weighted by molar-refractivity contribution is 5.84. The topological polar surface area (TPSA) is 48.4 Å². The lowest BCUT2D eigenvalue weighted by Gasteiger charge is -2.10. The molecule has 0 unspecified atom stereocenters. The van der Waals surface area contributed by atoms with E-state index >= 15 is 0 Å². The zero-order chi connectivity index (χ0) is 17.4. The van der Waals surface area contributed by atoms with Gasteiger partial charge in [-0.3, -0.25) is 9.78 Å². The van der Waals surface area contributed by atoms with E-state index in [9.17, 15) is 4.79 Å². The van der Waals surface area contributed by atoms with Gasteiger partial charge in [0.1, 0.15) is 19.0 Å². The quantitative estimate of drug-likeness (QED) is 0.588. The van der Waals surface area contributed by atoms with Crippen LogP contribution < -0.4 is 4.74 Å². The molecule has 0 N–H and O–H groups in total. The molecule has 1 aliphatic rings. The molecular weight excluding hydrogens is 302 g/mol. The van der Waals surface area contributed by atoms with Crippen molar-refractivity contribution in [3.63, 3.8) is 0 Å². The van der Waals surface area contributed by atoms with Gasteiger partial charge in [-0.25, -0.2) is 0 Å². The summed E-state index contributed by atoms with van der Waals surface area (Å²) in [6.07, 6.45) is 2.21. The average molecular weight is 327 g/mol. The Kier molecular flexibility index (Phi) is 4.24. The third-order valence-corrected chi connectivity index (χ3v) is 5.90. The molecule has 1 fully saturated rings. The molecule has 1 aromatic heterocycles. The number of aromatic nitrogens is 1. The molecule has 128 valence electrons. The van der Waals surface area contributed by atoms with Crippen molar-refractivity contribution in [2.75, 3.05) is 13.2 Å². The lowest BCUT2D eigenvalue weighted by atomic mass is 10.0. The molecule has 0 radical (unpaired) electrons. The fraction of sp³-hybridized carbons (Fsp3) is 0.500. The van der Waals surface area contributed by atoms with Crippen molar-refractivity contribution in [2.45, 2.75) is 34.1 Å². The summed E-state index contributed by atoms with van der Waals surface area (Å²) < 4.78 is 11.1. The van der Waals surface area contributed by atoms with Gasteiger partial charge in [0.15, 0.2) is 0 Å². The third kappa shape index (κ3) is 2.97. The second kappa shape index (κ2) is 6.08. The SMILES string of the molecule is CC1(C)C(CC(=O)OCCOc2ccnc3ccccc23)C1(C)C. The summed E-state index contributed by atoms with van der Waals surface area (Å²) in [4.78, 5) is 16.3. The normalized spacial score (nSPS) is 18.3. The number of benzene rings is 1. The molecule has 0 atom stereocenters. The second-order valence-electron chi connectivity index (χ2n) is 7.60. The predicted octanol–water partition coefficient (Wildman–Crippen LogP) is 4.23. The van der Waals surface area contributed by atoms with Crippen LogP contribution in [0.1, 0.15) is 34.1 Å². The fourth-order valence-corrected chi connectivity index (χ4v) is 3.57. The number of rotatable bonds is 6. The maximum atomic E-state index is 12.0. The molecule has 0 bridgehead atoms. The van der Waals surface area contributed by atoms with E-state index in [-0.39, 0.29) is 23.4 Å². The van der Waals surface area contributed by atoms with Crippen LogP contribution in [0, 0.1) is 16.7 Å². The Hall–Kier alpha value is -2.10. The molecule has 1 heterocycles. The molecule has 0 aliphatic heterocycles. The summed E-state index contributed by atoms with van der Waals surface area (Å²) in [5, 5.41) is 0.966. The van der Waals surface area contributed by atoms with E-state index in [2.05, 4.69) is 32.7 Å². The highest BCUT2D eigenvalue weighted by Crippen LogP contribution is 2.69. The Labute approximate surface area is 143 Å². The van der Waals surface area contributed by atoms with Crippen molar-refractivity contribution in [2.24, 2.45) is 16.7 Å². The first-order valence-corrected chi connectivity index (χ1v) is 8.46. The molecule has 0 spiro atoms. The largest absolute Gasteiger partial charge is 0.489 e. The molecule has 2 aromatic rings. The van der Waals surface area contributed by atoms with Gasteiger partial charge in [-0.2, -0.15) is 0 Å². The molecule has 0 saturated heterocycles. The zero-order valence-corrected chi connectivity index (χ0v) is 14.8. The summed E-state index contributed by atoms with van der Waals surface area (Å²) in [6.45, 7) is 9.46. The lowest BCUT2D eigenvalue weighted by Crippen LogP contribution is -2.13. The van der Waals surface area contributed by atoms with Gasteiger partial charge in [0, 0.05) is 18.0 Å². The highest BCUT2D eigenvalue weighted by Gasteiger charge is 2.64. The number of hydrogen-bond donors (Lipinski definition) is 0. The first-order valence-electron chi connectivity index (χ1n) is 8.46. The summed E-state index contributed by atoms with van der Waals surface area (Å²) in [5.74, 6) is 1.02. The fourth-order valence-electron chi connectivity index (χ4n) is 3.57. The Balaban J connectivity index is 1.46. The molecule has 1 aromatic carbocycles. The average Bonchev–Trinajstić information content (AvgIpc) is 2.93. The van der Waals surface area contributed by atoms with Gasteiger partial charge in [0.05, 0.1) is 5.52 Å². The molecule has 1 aliphatic carbocycles. The number of carbonyl (C=O) groups excluding carboxylic acids is 1. The van der Waals surface area contributed by atoms with E-state index in [1.165, 1.54) is 0 Å². The van der Waals surface area contributed by atoms with Crippen molar-refractivity contribution in [1.29, 1.82) is 0 Å². The molecule has 4 nitrogen and oxygen atoms in total. The van der Waals surface area contributed by atoms with Gasteiger partial charge in [-0.1, -0.05) is 39.8 Å². The van der Waals surface area contributed by atoms with Crippen molar-refractivity contribution >= 4 is 16.9 Å². The van der Waals surface area contributed by atoms with Crippen LogP contribution in [0.25, 0.3) is 10.9 Å². The number of pyridine rings is 1. The first kappa shape index (κ1) is 16.7. The minimum atomic E-state index is -0.137. The summed E-state index contributed by atoms with van der Waals surface area (Å²) in [6, 6.07) is 9.65. The van der Waals surface area contributed by atoms with Gasteiger partial charge < -0.3 is 9.47 Å². The van der Waals surface area contributed by atoms with E-state index in [0.29, 0.717) is 18.9 Å². The number of ether oxygens (including phenoxy) is 2. The zero-order valence-electron chi connectivity index (χ0n) is 14.8. The van der Waals surface area contributed by atoms with Crippen molar-refractivity contribution in [1.82, 2.24) is 4.98 Å². The monoisotopic (exact) mass is 327 g/mol. The summed E-state index contributed by atoms with van der Waals surface area (Å²) in [5.41, 5.74) is 1.31. The minimum absolute atomic E-state index is 0.137. The first-order chi connectivity index (χ1) is 11.3. The highest BCUT2D eigenvalue weighted by atomic mass is 16.6. The van der Waals surface area contributed by atoms with Crippen LogP contribution in [0.4, 0.5) is 0 Å². The summed E-state index contributed by atoms with van der Waals surface area (Å²) >= 11 is 0. The number of para-hydroxylation sites is 1. The van der Waals surface area contributed by atoms with Gasteiger partial charge in [-0.05, 0) is 34.9 Å². The number of carbonyl (C=O) groups is 1. The lowest BCUT2D eigenvalue weighted by molar-refractivity contribution is -0.145. The van der Waals surface area contributed by atoms with Crippen LogP contribution in [0.15, 0.2) is 36.5 Å². The van der Waals surface area contributed by atoms with Crippen molar-refractivity contribution in [3.05, 3.63) is 36.5 Å². The standard InChI is InChI=1S/C20H25NO3/c1-19(2)17(20(19,3)4)13-18(22)24-12-11-23-16-9-10-21-15-8-6-5-7-14(15)16/h5-10,17H,11-13H2,1-4H3. The smallest absolute Gasteiger partial charge is 0.306 e. The van der Waals surface area contributed by atoms with Crippen LogP contribution >= 0.6 is 0 Å². The molecule has 1 saturated carbocycles. The van der Waals surface area contributed by atoms with Gasteiger partial charge in [0.25, 0.3) is 0 Å². The predicted molar refractivity (Wildman–Crippen MR) is 93.9 cm³/mol. The van der Waals surface area contributed by atoms with E-state index in [4.69, 9.17) is 9.47 Å². The molecule has 3 rings (SSSR count). The van der Waals surface area contributed by atoms with Gasteiger partial charge >= 0.3 is 5.97 Å². The van der Waals surface area contributed by atoms with Gasteiger partial charge in [-0.15, -0.1) is 0 Å². The van der Waals surface area contributed by atoms with Gasteiger partial charge in [0.2, 0.25) is 0 Å². The maximum Gasteiger partial charge on any atom is 0.306 e. The number of nitrogens with zero attached hydrogens (tertiary/aromatic N) is 1. The Morgan fingerprint density at radius 3 is 2.50 bits per heavy atom. The Morgan fingerprint density at radius 2 is 1.79 bits per heavy atom. The number of hydrogen-bond acceptors (Lipinski definition) is 4. The molecule has 0 amide bonds. The van der Waals surface area contributed by atoms with E-state index < -0.39 is 0 Å². The van der Waals surface area contributed by atoms with E-state index in [1.54, 1.807) is 6.20 Å². The molecular formula is C20H25NO3. The van der Waals surface area contributed by atoms with Crippen molar-refractivity contribution in [3.8, 4) is 5.75 Å². The Morgan fingerprint density at radius 1 is 1.08 bits per heavy atom. The Bertz CT molecular complexity index is 732. The van der Waals surface area contributed by atoms with Crippen LogP contribution in [-0.4, -0.2) is 24.2 Å². The number of esters is 1. The maximum absolute atomic E-state index is 12.0. The van der Waals surface area contributed by atoms with Crippen LogP contribution in [-0.2, 0) is 9.53 Å². The molecule has 4 heteroatoms. The summed E-state index contributed by atoms with van der Waals surface area (Å²) in [7, 11) is 0. The second-order valence-corrected chi connectivity index (χ2v) is 7.60. The molecule has 24 heavy (non-hydrogen) atoms. The van der Waals surface area contributed by atoms with Crippen molar-refractivity contribution < 1.29 is 14.3 Å². The van der Waals surface area contributed by atoms with Crippen LogP contribution in [0.5, 0.6) is 5.75 Å². The van der Waals surface area contributed by atoms with E-state index in [1.807, 2.05) is 30.3 Å². The van der Waals surface area contributed by atoms with E-state index in [0.717, 1.165) is 16.7 Å².